The molecule has 0 radical (unpaired) electrons. The molecule has 1 aliphatic rings. The summed E-state index contributed by atoms with van der Waals surface area (Å²) in [6, 6.07) is 28.0. The molecule has 1 atom stereocenters. The first-order valence-corrected chi connectivity index (χ1v) is 14.7. The van der Waals surface area contributed by atoms with Gasteiger partial charge in [0, 0.05) is 33.5 Å². The van der Waals surface area contributed by atoms with E-state index in [4.69, 9.17) is 26.7 Å². The zero-order chi connectivity index (χ0) is 27.9. The summed E-state index contributed by atoms with van der Waals surface area (Å²) in [4.78, 5) is 9.74. The Bertz CT molecular complexity index is 1880. The van der Waals surface area contributed by atoms with E-state index in [9.17, 15) is 8.42 Å². The number of nitrogens with one attached hydrogen (secondary N) is 1. The Morgan fingerprint density at radius 2 is 1.65 bits per heavy atom. The highest BCUT2D eigenvalue weighted by atomic mass is 35.5. The number of aromatic nitrogens is 2. The van der Waals surface area contributed by atoms with Gasteiger partial charge < -0.3 is 0 Å². The van der Waals surface area contributed by atoms with Crippen LogP contribution in [-0.2, 0) is 10.0 Å². The van der Waals surface area contributed by atoms with Crippen molar-refractivity contribution >= 4 is 49.9 Å². The average molecular weight is 572 g/mol. The molecule has 5 aromatic rings. The summed E-state index contributed by atoms with van der Waals surface area (Å²) in [5.74, 6) is -0.0992. The molecule has 1 aromatic heterocycles. The van der Waals surface area contributed by atoms with Gasteiger partial charge in [-0.2, -0.15) is 5.10 Å². The van der Waals surface area contributed by atoms with Crippen LogP contribution in [0.3, 0.4) is 0 Å². The van der Waals surface area contributed by atoms with Gasteiger partial charge in [-0.05, 0) is 30.3 Å². The Morgan fingerprint density at radius 1 is 0.925 bits per heavy atom. The number of benzene rings is 4. The molecule has 0 saturated heterocycles. The molecular weight excluding hydrogens is 549 g/mol. The molecule has 1 N–H and O–H groups in total. The monoisotopic (exact) mass is 571 g/mol. The number of para-hydroxylation sites is 1. The Labute approximate surface area is 236 Å². The number of sulfonamides is 1. The second-order valence-corrected chi connectivity index (χ2v) is 11.6. The molecule has 0 bridgehead atoms. The molecule has 0 amide bonds. The summed E-state index contributed by atoms with van der Waals surface area (Å²) in [5, 5.41) is 7.82. The van der Waals surface area contributed by atoms with E-state index < -0.39 is 16.1 Å². The van der Waals surface area contributed by atoms with E-state index in [1.54, 1.807) is 53.5 Å². The van der Waals surface area contributed by atoms with Crippen LogP contribution in [-0.4, -0.2) is 30.4 Å². The molecule has 0 saturated carbocycles. The number of halogens is 2. The van der Waals surface area contributed by atoms with Crippen LogP contribution in [0.4, 0.5) is 16.0 Å². The molecule has 6 rings (SSSR count). The first-order valence-electron chi connectivity index (χ1n) is 12.5. The van der Waals surface area contributed by atoms with Gasteiger partial charge in [-0.1, -0.05) is 78.3 Å². The minimum Gasteiger partial charge on any atom is -0.283 e. The highest BCUT2D eigenvalue weighted by molar-refractivity contribution is 7.92. The third kappa shape index (κ3) is 5.13. The van der Waals surface area contributed by atoms with Crippen LogP contribution in [0, 0.1) is 5.82 Å². The third-order valence-corrected chi connectivity index (χ3v) is 7.43. The second kappa shape index (κ2) is 10.3. The van der Waals surface area contributed by atoms with Crippen molar-refractivity contribution in [3.05, 3.63) is 119 Å². The maximum absolute atomic E-state index is 15.2. The molecule has 2 heterocycles. The van der Waals surface area contributed by atoms with E-state index in [1.165, 1.54) is 6.07 Å². The summed E-state index contributed by atoms with van der Waals surface area (Å²) in [5.41, 5.74) is 4.16. The maximum atomic E-state index is 15.2. The lowest BCUT2D eigenvalue weighted by Gasteiger charge is -2.23. The van der Waals surface area contributed by atoms with E-state index >= 15 is 4.39 Å². The summed E-state index contributed by atoms with van der Waals surface area (Å²) < 4.78 is 41.9. The van der Waals surface area contributed by atoms with E-state index in [-0.39, 0.29) is 11.8 Å². The van der Waals surface area contributed by atoms with E-state index in [0.29, 0.717) is 45.2 Å². The molecule has 40 heavy (non-hydrogen) atoms. The van der Waals surface area contributed by atoms with Gasteiger partial charge in [0.05, 0.1) is 34.9 Å². The van der Waals surface area contributed by atoms with Crippen molar-refractivity contribution in [1.82, 2.24) is 9.97 Å². The van der Waals surface area contributed by atoms with Crippen molar-refractivity contribution in [2.24, 2.45) is 5.10 Å². The van der Waals surface area contributed by atoms with Gasteiger partial charge in [0.2, 0.25) is 16.0 Å². The van der Waals surface area contributed by atoms with Crippen LogP contribution in [0.1, 0.15) is 23.6 Å². The SMILES string of the molecule is CS(=O)(=O)Nc1ccccc1C1=NN(c2nc(-c3ccccc3)c3cc(Cl)ccc3n2)[C@H](c2ccccc2F)C1. The fraction of sp³-hybridized carbons (Fsp3) is 0.100. The van der Waals surface area contributed by atoms with Crippen molar-refractivity contribution in [1.29, 1.82) is 0 Å². The zero-order valence-corrected chi connectivity index (χ0v) is 22.9. The standard InChI is InChI=1S/C30H23ClFN5O2S/c1-40(38,39)36-26-14-8-6-12-22(26)27-18-28(21-11-5-7-13-24(21)32)37(35-27)30-33-25-16-15-20(31)17-23(25)29(34-30)19-9-3-2-4-10-19/h2-17,28,36H,18H2,1H3/t28-/m0/s1. The molecule has 0 fully saturated rings. The molecule has 10 heteroatoms. The van der Waals surface area contributed by atoms with Gasteiger partial charge >= 0.3 is 0 Å². The Hall–Kier alpha value is -4.34. The van der Waals surface area contributed by atoms with E-state index in [1.807, 2.05) is 42.5 Å². The maximum Gasteiger partial charge on any atom is 0.247 e. The summed E-state index contributed by atoms with van der Waals surface area (Å²) >= 11 is 6.33. The lowest BCUT2D eigenvalue weighted by atomic mass is 9.97. The van der Waals surface area contributed by atoms with Crippen LogP contribution >= 0.6 is 11.6 Å². The lowest BCUT2D eigenvalue weighted by molar-refractivity contribution is 0.576. The highest BCUT2D eigenvalue weighted by Gasteiger charge is 2.34. The van der Waals surface area contributed by atoms with Crippen molar-refractivity contribution in [2.75, 3.05) is 16.0 Å². The predicted molar refractivity (Wildman–Crippen MR) is 158 cm³/mol. The number of hydrazone groups is 1. The minimum atomic E-state index is -3.55. The predicted octanol–water partition coefficient (Wildman–Crippen LogP) is 6.82. The fourth-order valence-electron chi connectivity index (χ4n) is 4.88. The van der Waals surface area contributed by atoms with Crippen molar-refractivity contribution in [3.63, 3.8) is 0 Å². The van der Waals surface area contributed by atoms with Crippen LogP contribution in [0.15, 0.2) is 102 Å². The minimum absolute atomic E-state index is 0.283. The zero-order valence-electron chi connectivity index (χ0n) is 21.3. The van der Waals surface area contributed by atoms with Gasteiger partial charge in [-0.3, -0.25) is 4.72 Å². The molecular formula is C30H23ClFN5O2S. The van der Waals surface area contributed by atoms with Gasteiger partial charge in [0.25, 0.3) is 0 Å². The van der Waals surface area contributed by atoms with Gasteiger partial charge in [-0.25, -0.2) is 27.8 Å². The third-order valence-electron chi connectivity index (χ3n) is 6.61. The molecule has 0 aliphatic carbocycles. The Kier molecular flexibility index (Phi) is 6.69. The number of hydrogen-bond acceptors (Lipinski definition) is 6. The summed E-state index contributed by atoms with van der Waals surface area (Å²) in [6.45, 7) is 0. The molecule has 1 aliphatic heterocycles. The number of fused-ring (bicyclic) bond motifs is 1. The normalized spacial score (nSPS) is 15.3. The van der Waals surface area contributed by atoms with E-state index in [0.717, 1.165) is 17.2 Å². The van der Waals surface area contributed by atoms with Gasteiger partial charge in [0.15, 0.2) is 0 Å². The molecule has 7 nitrogen and oxygen atoms in total. The van der Waals surface area contributed by atoms with Crippen LogP contribution in [0.5, 0.6) is 0 Å². The highest BCUT2D eigenvalue weighted by Crippen LogP contribution is 2.39. The second-order valence-electron chi connectivity index (χ2n) is 9.45. The number of rotatable bonds is 6. The number of hydrogen-bond donors (Lipinski definition) is 1. The summed E-state index contributed by atoms with van der Waals surface area (Å²) in [7, 11) is -3.55. The Balaban J connectivity index is 1.55. The molecule has 200 valence electrons. The average Bonchev–Trinajstić information content (AvgIpc) is 3.38. The first kappa shape index (κ1) is 25.9. The first-order chi connectivity index (χ1) is 19.3. The van der Waals surface area contributed by atoms with Crippen molar-refractivity contribution in [2.45, 2.75) is 12.5 Å². The topological polar surface area (TPSA) is 87.5 Å². The molecule has 0 spiro atoms. The summed E-state index contributed by atoms with van der Waals surface area (Å²) in [6.07, 6.45) is 1.39. The van der Waals surface area contributed by atoms with Crippen LogP contribution in [0.2, 0.25) is 5.02 Å². The largest absolute Gasteiger partial charge is 0.283 e. The quantitative estimate of drug-likeness (QED) is 0.242. The molecule has 0 unspecified atom stereocenters. The van der Waals surface area contributed by atoms with Crippen LogP contribution < -0.4 is 9.73 Å². The van der Waals surface area contributed by atoms with Gasteiger partial charge in [0.1, 0.15) is 5.82 Å². The van der Waals surface area contributed by atoms with E-state index in [2.05, 4.69) is 4.72 Å². The number of nitrogens with zero attached hydrogens (tertiary/aromatic N) is 4. The fourth-order valence-corrected chi connectivity index (χ4v) is 5.63. The lowest BCUT2D eigenvalue weighted by Crippen LogP contribution is -2.22. The van der Waals surface area contributed by atoms with Crippen LogP contribution in [0.25, 0.3) is 22.2 Å². The van der Waals surface area contributed by atoms with Crippen molar-refractivity contribution in [3.8, 4) is 11.3 Å². The Morgan fingerprint density at radius 3 is 2.42 bits per heavy atom. The van der Waals surface area contributed by atoms with Gasteiger partial charge in [-0.15, -0.1) is 0 Å². The number of anilines is 2. The van der Waals surface area contributed by atoms with Crippen molar-refractivity contribution < 1.29 is 12.8 Å². The smallest absolute Gasteiger partial charge is 0.247 e. The molecule has 4 aromatic carbocycles.